The van der Waals surface area contributed by atoms with E-state index in [-0.39, 0.29) is 24.2 Å². The minimum absolute atomic E-state index is 0.180. The van der Waals surface area contributed by atoms with E-state index in [9.17, 15) is 35.6 Å². The normalized spacial score (nSPS) is 33.7. The maximum atomic E-state index is 13.4. The van der Waals surface area contributed by atoms with Crippen LogP contribution in [0.4, 0.5) is 17.6 Å². The summed E-state index contributed by atoms with van der Waals surface area (Å²) < 4.78 is 83.8. The molecule has 4 rings (SSSR count). The lowest BCUT2D eigenvalue weighted by Gasteiger charge is -2.59. The first-order chi connectivity index (χ1) is 13.4. The van der Waals surface area contributed by atoms with Gasteiger partial charge in [0, 0.05) is 6.42 Å². The highest BCUT2D eigenvalue weighted by Crippen LogP contribution is 2.65. The molecular formula is C18H24F4O6S. The molecule has 4 saturated carbocycles. The third-order valence-corrected chi connectivity index (χ3v) is 7.44. The molecule has 0 aliphatic heterocycles. The molecule has 4 fully saturated rings. The molecule has 0 radical (unpaired) electrons. The van der Waals surface area contributed by atoms with E-state index in [4.69, 9.17) is 9.47 Å². The Morgan fingerprint density at radius 2 is 1.52 bits per heavy atom. The minimum atomic E-state index is -5.15. The van der Waals surface area contributed by atoms with E-state index >= 15 is 0 Å². The third-order valence-electron chi connectivity index (χ3n) is 6.65. The number of thiol groups is 1. The largest absolute Gasteiger partial charge is 0.469 e. The Bertz CT molecular complexity index is 743. The van der Waals surface area contributed by atoms with Gasteiger partial charge in [-0.05, 0) is 56.8 Å². The summed E-state index contributed by atoms with van der Waals surface area (Å²) in [5.74, 6) is -5.34. The number of hydrogen-bond acceptors (Lipinski definition) is 6. The average Bonchev–Trinajstić information content (AvgIpc) is 2.62. The first-order valence-corrected chi connectivity index (χ1v) is 10.7. The first-order valence-electron chi connectivity index (χ1n) is 9.53. The van der Waals surface area contributed by atoms with Gasteiger partial charge in [-0.1, -0.05) is 0 Å². The van der Waals surface area contributed by atoms with Gasteiger partial charge in [-0.15, -0.1) is 0 Å². The topological polar surface area (TPSA) is 86.7 Å². The van der Waals surface area contributed by atoms with E-state index < -0.39 is 58.1 Å². The van der Waals surface area contributed by atoms with E-state index in [1.165, 1.54) is 7.11 Å². The fourth-order valence-electron chi connectivity index (χ4n) is 5.85. The van der Waals surface area contributed by atoms with Gasteiger partial charge in [0.2, 0.25) is 10.7 Å². The molecular weight excluding hydrogens is 420 g/mol. The van der Waals surface area contributed by atoms with Crippen molar-refractivity contribution in [1.82, 2.24) is 0 Å². The molecule has 11 heteroatoms. The van der Waals surface area contributed by atoms with Crippen molar-refractivity contribution < 1.29 is 45.0 Å². The second-order valence-electron chi connectivity index (χ2n) is 8.76. The standard InChI is InChI=1S/C18H24F4O6S/c1-27-13(23)15-6-11-5-12(7-15)9-16(8-11,10-15)14(24)28-4-2-3-17(19,20)18(21,22)29(25)26/h11-12,29H,2-10H2,1H3. The van der Waals surface area contributed by atoms with Crippen LogP contribution in [0, 0.1) is 22.7 Å². The van der Waals surface area contributed by atoms with E-state index in [2.05, 4.69) is 0 Å². The second-order valence-corrected chi connectivity index (χ2v) is 9.83. The van der Waals surface area contributed by atoms with Crippen LogP contribution >= 0.6 is 0 Å². The number of carbonyl (C=O) groups is 2. The van der Waals surface area contributed by atoms with Crippen molar-refractivity contribution in [2.75, 3.05) is 13.7 Å². The number of hydrogen-bond donors (Lipinski definition) is 1. The lowest BCUT2D eigenvalue weighted by molar-refractivity contribution is -0.193. The van der Waals surface area contributed by atoms with Crippen molar-refractivity contribution in [3.05, 3.63) is 0 Å². The predicted octanol–water partition coefficient (Wildman–Crippen LogP) is 2.91. The highest BCUT2D eigenvalue weighted by Gasteiger charge is 2.64. The summed E-state index contributed by atoms with van der Waals surface area (Å²) >= 11 is 0. The van der Waals surface area contributed by atoms with Gasteiger partial charge >= 0.3 is 23.1 Å². The SMILES string of the molecule is COC(=O)C12CC3CC(C1)CC(C(=O)OCCCC(F)(F)C(F)(F)[SH](=O)=O)(C3)C2. The van der Waals surface area contributed by atoms with Crippen LogP contribution in [0.1, 0.15) is 51.4 Å². The lowest BCUT2D eigenvalue weighted by Crippen LogP contribution is -2.58. The summed E-state index contributed by atoms with van der Waals surface area (Å²) in [6.07, 6.45) is 1.56. The van der Waals surface area contributed by atoms with Crippen LogP contribution < -0.4 is 0 Å². The number of methoxy groups -OCH3 is 1. The van der Waals surface area contributed by atoms with Crippen LogP contribution in [0.5, 0.6) is 0 Å². The van der Waals surface area contributed by atoms with Gasteiger partial charge in [0.1, 0.15) is 0 Å². The maximum Gasteiger partial charge on any atom is 0.404 e. The van der Waals surface area contributed by atoms with E-state index in [0.29, 0.717) is 25.7 Å². The zero-order valence-corrected chi connectivity index (χ0v) is 16.8. The molecule has 2 atom stereocenters. The third kappa shape index (κ3) is 3.74. The fraction of sp³-hybridized carbons (Fsp3) is 0.889. The van der Waals surface area contributed by atoms with E-state index in [1.807, 2.05) is 0 Å². The van der Waals surface area contributed by atoms with Crippen LogP contribution in [-0.4, -0.2) is 45.3 Å². The second kappa shape index (κ2) is 7.39. The number of alkyl halides is 4. The summed E-state index contributed by atoms with van der Waals surface area (Å²) in [5, 5.41) is -5.15. The van der Waals surface area contributed by atoms with Crippen molar-refractivity contribution >= 4 is 22.6 Å². The Morgan fingerprint density at radius 1 is 1.00 bits per heavy atom. The first kappa shape index (κ1) is 22.3. The van der Waals surface area contributed by atoms with Crippen molar-refractivity contribution in [2.45, 2.75) is 62.5 Å². The zero-order chi connectivity index (χ0) is 21.7. The molecule has 4 bridgehead atoms. The van der Waals surface area contributed by atoms with Crippen LogP contribution in [0.2, 0.25) is 0 Å². The van der Waals surface area contributed by atoms with Gasteiger partial charge in [-0.2, -0.15) is 17.6 Å². The lowest BCUT2D eigenvalue weighted by atomic mass is 9.44. The number of esters is 2. The van der Waals surface area contributed by atoms with Gasteiger partial charge in [-0.3, -0.25) is 9.59 Å². The molecule has 0 heterocycles. The number of carbonyl (C=O) groups excluding carboxylic acids is 2. The van der Waals surface area contributed by atoms with Crippen molar-refractivity contribution in [2.24, 2.45) is 22.7 Å². The smallest absolute Gasteiger partial charge is 0.404 e. The maximum absolute atomic E-state index is 13.4. The van der Waals surface area contributed by atoms with E-state index in [0.717, 1.165) is 6.42 Å². The molecule has 0 saturated heterocycles. The molecule has 166 valence electrons. The summed E-state index contributed by atoms with van der Waals surface area (Å²) in [6, 6.07) is 0. The molecule has 0 N–H and O–H groups in total. The Morgan fingerprint density at radius 3 is 2.00 bits per heavy atom. The molecule has 4 aliphatic rings. The molecule has 6 nitrogen and oxygen atoms in total. The Balaban J connectivity index is 1.61. The highest BCUT2D eigenvalue weighted by molar-refractivity contribution is 7.73. The minimum Gasteiger partial charge on any atom is -0.469 e. The monoisotopic (exact) mass is 444 g/mol. The molecule has 0 aromatic rings. The number of rotatable bonds is 8. The van der Waals surface area contributed by atoms with Gasteiger partial charge in [-0.25, -0.2) is 8.42 Å². The molecule has 2 unspecified atom stereocenters. The van der Waals surface area contributed by atoms with Gasteiger partial charge in [0.25, 0.3) is 0 Å². The summed E-state index contributed by atoms with van der Waals surface area (Å²) in [6.45, 7) is -0.525. The number of halogens is 4. The van der Waals surface area contributed by atoms with Crippen LogP contribution in [0.3, 0.4) is 0 Å². The summed E-state index contributed by atoms with van der Waals surface area (Å²) in [7, 11) is -3.33. The quantitative estimate of drug-likeness (QED) is 0.268. The molecule has 29 heavy (non-hydrogen) atoms. The zero-order valence-electron chi connectivity index (χ0n) is 15.9. The number of ether oxygens (including phenoxy) is 2. The van der Waals surface area contributed by atoms with E-state index in [1.54, 1.807) is 0 Å². The predicted molar refractivity (Wildman–Crippen MR) is 92.0 cm³/mol. The van der Waals surface area contributed by atoms with Gasteiger partial charge in [0.05, 0.1) is 24.5 Å². The molecule has 0 aromatic carbocycles. The molecule has 0 amide bonds. The Hall–Kier alpha value is -1.39. The van der Waals surface area contributed by atoms with Crippen molar-refractivity contribution in [3.63, 3.8) is 0 Å². The highest BCUT2D eigenvalue weighted by atomic mass is 32.2. The van der Waals surface area contributed by atoms with Crippen LogP contribution in [0.25, 0.3) is 0 Å². The summed E-state index contributed by atoms with van der Waals surface area (Å²) in [5.41, 5.74) is -1.62. The molecule has 0 aromatic heterocycles. The van der Waals surface area contributed by atoms with Gasteiger partial charge < -0.3 is 9.47 Å². The Labute approximate surface area is 167 Å². The Kier molecular flexibility index (Phi) is 5.68. The average molecular weight is 444 g/mol. The van der Waals surface area contributed by atoms with Crippen molar-refractivity contribution in [3.8, 4) is 0 Å². The molecule has 4 aliphatic carbocycles. The fourth-order valence-corrected chi connectivity index (χ4v) is 6.23. The van der Waals surface area contributed by atoms with Crippen LogP contribution in [-0.2, 0) is 29.8 Å². The summed E-state index contributed by atoms with van der Waals surface area (Å²) in [4.78, 5) is 25.1. The molecule has 0 spiro atoms. The van der Waals surface area contributed by atoms with Gasteiger partial charge in [0.15, 0.2) is 0 Å². The van der Waals surface area contributed by atoms with Crippen LogP contribution in [0.15, 0.2) is 0 Å². The van der Waals surface area contributed by atoms with Crippen molar-refractivity contribution in [1.29, 1.82) is 0 Å².